The maximum atomic E-state index is 13.4. The summed E-state index contributed by atoms with van der Waals surface area (Å²) in [7, 11) is 3.11. The molecule has 3 aromatic carbocycles. The van der Waals surface area contributed by atoms with Crippen LogP contribution in [0.25, 0.3) is 0 Å². The Bertz CT molecular complexity index is 1230. The molecule has 7 heteroatoms. The van der Waals surface area contributed by atoms with Crippen LogP contribution in [0.1, 0.15) is 31.8 Å². The fraction of sp³-hybridized carbons (Fsp3) is 0.286. The number of aryl methyl sites for hydroxylation is 1. The van der Waals surface area contributed by atoms with Gasteiger partial charge in [0.1, 0.15) is 0 Å². The number of anilines is 2. The van der Waals surface area contributed by atoms with Gasteiger partial charge < -0.3 is 24.6 Å². The van der Waals surface area contributed by atoms with E-state index in [1.165, 1.54) is 5.56 Å². The predicted octanol–water partition coefficient (Wildman–Crippen LogP) is 4.66. The first-order chi connectivity index (χ1) is 16.9. The molecule has 35 heavy (non-hydrogen) atoms. The molecule has 0 radical (unpaired) electrons. The number of methoxy groups -OCH3 is 2. The van der Waals surface area contributed by atoms with Crippen molar-refractivity contribution in [3.8, 4) is 11.5 Å². The molecule has 182 valence electrons. The van der Waals surface area contributed by atoms with Gasteiger partial charge >= 0.3 is 0 Å². The van der Waals surface area contributed by atoms with E-state index in [0.29, 0.717) is 48.8 Å². The van der Waals surface area contributed by atoms with E-state index in [1.807, 2.05) is 41.3 Å². The summed E-state index contributed by atoms with van der Waals surface area (Å²) in [6.07, 6.45) is 0. The lowest BCUT2D eigenvalue weighted by Gasteiger charge is -2.35. The van der Waals surface area contributed by atoms with Gasteiger partial charge in [-0.15, -0.1) is 0 Å². The van der Waals surface area contributed by atoms with Crippen LogP contribution in [0.15, 0.2) is 60.7 Å². The Morgan fingerprint density at radius 2 is 1.37 bits per heavy atom. The first-order valence-corrected chi connectivity index (χ1v) is 11.7. The molecule has 3 aromatic rings. The van der Waals surface area contributed by atoms with Crippen LogP contribution >= 0.6 is 0 Å². The molecule has 1 fully saturated rings. The highest BCUT2D eigenvalue weighted by molar-refractivity contribution is 6.01. The second-order valence-corrected chi connectivity index (χ2v) is 8.57. The van der Waals surface area contributed by atoms with E-state index in [1.54, 1.807) is 37.3 Å². The molecule has 1 heterocycles. The first kappa shape index (κ1) is 24.1. The van der Waals surface area contributed by atoms with E-state index in [4.69, 9.17) is 9.47 Å². The van der Waals surface area contributed by atoms with Crippen molar-refractivity contribution in [3.63, 3.8) is 0 Å². The molecule has 2 amide bonds. The number of nitrogens with one attached hydrogen (secondary N) is 1. The standard InChI is InChI=1S/C28H31N3O4/c1-19-8-7-11-23(20(19)2)29-24-10-6-5-9-22(24)28(33)31-16-14-30(15-17-31)27(32)21-12-13-25(34-3)26(18-21)35-4/h5-13,18,29H,14-17H2,1-4H3. The highest BCUT2D eigenvalue weighted by atomic mass is 16.5. The van der Waals surface area contributed by atoms with Crippen LogP contribution in [0, 0.1) is 13.8 Å². The lowest BCUT2D eigenvalue weighted by molar-refractivity contribution is 0.0536. The van der Waals surface area contributed by atoms with Gasteiger partial charge in [0.15, 0.2) is 11.5 Å². The smallest absolute Gasteiger partial charge is 0.256 e. The van der Waals surface area contributed by atoms with Gasteiger partial charge in [-0.3, -0.25) is 9.59 Å². The lowest BCUT2D eigenvalue weighted by Crippen LogP contribution is -2.50. The first-order valence-electron chi connectivity index (χ1n) is 11.7. The van der Waals surface area contributed by atoms with Gasteiger partial charge in [0, 0.05) is 37.4 Å². The van der Waals surface area contributed by atoms with Gasteiger partial charge in [0.25, 0.3) is 11.8 Å². The third-order valence-corrected chi connectivity index (χ3v) is 6.52. The zero-order valence-electron chi connectivity index (χ0n) is 20.6. The van der Waals surface area contributed by atoms with Crippen LogP contribution in [0.2, 0.25) is 0 Å². The van der Waals surface area contributed by atoms with Crippen molar-refractivity contribution in [3.05, 3.63) is 82.9 Å². The highest BCUT2D eigenvalue weighted by Crippen LogP contribution is 2.29. The van der Waals surface area contributed by atoms with Gasteiger partial charge in [0.05, 0.1) is 25.5 Å². The van der Waals surface area contributed by atoms with E-state index in [2.05, 4.69) is 25.2 Å². The van der Waals surface area contributed by atoms with Crippen LogP contribution in [0.4, 0.5) is 11.4 Å². The Kier molecular flexibility index (Phi) is 7.25. The number of para-hydroxylation sites is 1. The number of carbonyl (C=O) groups excluding carboxylic acids is 2. The molecule has 1 aliphatic heterocycles. The van der Waals surface area contributed by atoms with Crippen molar-refractivity contribution < 1.29 is 19.1 Å². The average Bonchev–Trinajstić information content (AvgIpc) is 2.90. The molecule has 1 aliphatic rings. The van der Waals surface area contributed by atoms with Gasteiger partial charge in [-0.25, -0.2) is 0 Å². The van der Waals surface area contributed by atoms with Crippen molar-refractivity contribution in [2.75, 3.05) is 45.7 Å². The third kappa shape index (κ3) is 5.09. The molecule has 0 bridgehead atoms. The van der Waals surface area contributed by atoms with E-state index in [9.17, 15) is 9.59 Å². The van der Waals surface area contributed by atoms with Crippen molar-refractivity contribution in [1.29, 1.82) is 0 Å². The van der Waals surface area contributed by atoms with Crippen LogP contribution < -0.4 is 14.8 Å². The quantitative estimate of drug-likeness (QED) is 0.564. The second kappa shape index (κ2) is 10.5. The van der Waals surface area contributed by atoms with Crippen molar-refractivity contribution in [1.82, 2.24) is 9.80 Å². The Labute approximate surface area is 206 Å². The molecule has 7 nitrogen and oxygen atoms in total. The summed E-state index contributed by atoms with van der Waals surface area (Å²) >= 11 is 0. The minimum absolute atomic E-state index is 0.0448. The molecule has 1 N–H and O–H groups in total. The van der Waals surface area contributed by atoms with Crippen molar-refractivity contribution in [2.24, 2.45) is 0 Å². The van der Waals surface area contributed by atoms with E-state index in [0.717, 1.165) is 16.9 Å². The monoisotopic (exact) mass is 473 g/mol. The Morgan fingerprint density at radius 3 is 2.06 bits per heavy atom. The van der Waals surface area contributed by atoms with Gasteiger partial charge in [-0.2, -0.15) is 0 Å². The van der Waals surface area contributed by atoms with Crippen molar-refractivity contribution in [2.45, 2.75) is 13.8 Å². The largest absolute Gasteiger partial charge is 0.493 e. The van der Waals surface area contributed by atoms with Crippen molar-refractivity contribution >= 4 is 23.2 Å². The fourth-order valence-corrected chi connectivity index (χ4v) is 4.25. The topological polar surface area (TPSA) is 71.1 Å². The molecule has 1 saturated heterocycles. The second-order valence-electron chi connectivity index (χ2n) is 8.57. The maximum absolute atomic E-state index is 13.4. The van der Waals surface area contributed by atoms with E-state index >= 15 is 0 Å². The minimum Gasteiger partial charge on any atom is -0.493 e. The van der Waals surface area contributed by atoms with Crippen LogP contribution in [-0.2, 0) is 0 Å². The molecular formula is C28H31N3O4. The lowest BCUT2D eigenvalue weighted by atomic mass is 10.1. The third-order valence-electron chi connectivity index (χ3n) is 6.52. The number of amides is 2. The molecule has 0 spiro atoms. The summed E-state index contributed by atoms with van der Waals surface area (Å²) in [5.41, 5.74) is 5.25. The van der Waals surface area contributed by atoms with E-state index < -0.39 is 0 Å². The summed E-state index contributed by atoms with van der Waals surface area (Å²) in [6.45, 7) is 6.00. The Hall–Kier alpha value is -4.00. The fourth-order valence-electron chi connectivity index (χ4n) is 4.25. The summed E-state index contributed by atoms with van der Waals surface area (Å²) in [4.78, 5) is 30.0. The Balaban J connectivity index is 1.44. The molecule has 0 aromatic heterocycles. The van der Waals surface area contributed by atoms with Crippen LogP contribution in [-0.4, -0.2) is 62.0 Å². The van der Waals surface area contributed by atoms with E-state index in [-0.39, 0.29) is 11.8 Å². The van der Waals surface area contributed by atoms with Gasteiger partial charge in [-0.05, 0) is 61.4 Å². The number of nitrogens with zero attached hydrogens (tertiary/aromatic N) is 2. The van der Waals surface area contributed by atoms with Gasteiger partial charge in [-0.1, -0.05) is 24.3 Å². The molecule has 0 unspecified atom stereocenters. The number of ether oxygens (including phenoxy) is 2. The number of carbonyl (C=O) groups is 2. The number of hydrogen-bond acceptors (Lipinski definition) is 5. The summed E-state index contributed by atoms with van der Waals surface area (Å²) < 4.78 is 10.6. The normalized spacial score (nSPS) is 13.4. The highest BCUT2D eigenvalue weighted by Gasteiger charge is 2.27. The number of piperazine rings is 1. The summed E-state index contributed by atoms with van der Waals surface area (Å²) in [5, 5.41) is 3.44. The summed E-state index contributed by atoms with van der Waals surface area (Å²) in [6, 6.07) is 18.8. The maximum Gasteiger partial charge on any atom is 0.256 e. The number of rotatable bonds is 6. The molecule has 0 atom stereocenters. The number of hydrogen-bond donors (Lipinski definition) is 1. The van der Waals surface area contributed by atoms with Crippen LogP contribution in [0.5, 0.6) is 11.5 Å². The molecule has 0 aliphatic carbocycles. The molecule has 0 saturated carbocycles. The number of benzene rings is 3. The molecule has 4 rings (SSSR count). The minimum atomic E-state index is -0.0879. The zero-order chi connectivity index (χ0) is 24.9. The van der Waals surface area contributed by atoms with Crippen LogP contribution in [0.3, 0.4) is 0 Å². The molecular weight excluding hydrogens is 442 g/mol. The average molecular weight is 474 g/mol. The zero-order valence-corrected chi connectivity index (χ0v) is 20.6. The predicted molar refractivity (Wildman–Crippen MR) is 137 cm³/mol. The summed E-state index contributed by atoms with van der Waals surface area (Å²) in [5.74, 6) is 0.958. The Morgan fingerprint density at radius 1 is 0.743 bits per heavy atom. The van der Waals surface area contributed by atoms with Gasteiger partial charge in [0.2, 0.25) is 0 Å². The SMILES string of the molecule is COc1ccc(C(=O)N2CCN(C(=O)c3ccccc3Nc3cccc(C)c3C)CC2)cc1OC.